The van der Waals surface area contributed by atoms with E-state index in [1.165, 1.54) is 11.1 Å². The number of aromatic nitrogens is 1. The van der Waals surface area contributed by atoms with E-state index in [4.69, 9.17) is 5.73 Å². The molecule has 0 saturated carbocycles. The second-order valence-corrected chi connectivity index (χ2v) is 4.55. The van der Waals surface area contributed by atoms with Gasteiger partial charge in [0, 0.05) is 23.6 Å². The molecule has 1 aromatic carbocycles. The van der Waals surface area contributed by atoms with Gasteiger partial charge >= 0.3 is 0 Å². The van der Waals surface area contributed by atoms with E-state index in [0.29, 0.717) is 0 Å². The minimum atomic E-state index is 0.806. The topological polar surface area (TPSA) is 38.9 Å². The molecule has 0 radical (unpaired) electrons. The van der Waals surface area contributed by atoms with Gasteiger partial charge in [0.15, 0.2) is 0 Å². The van der Waals surface area contributed by atoms with Crippen LogP contribution < -0.4 is 5.73 Å². The molecule has 0 amide bonds. The smallest absolute Gasteiger partial charge is 0.0390 e. The van der Waals surface area contributed by atoms with Crippen LogP contribution in [0.25, 0.3) is 5.57 Å². The number of nitrogen functional groups attached to an aromatic ring is 1. The van der Waals surface area contributed by atoms with Crippen molar-refractivity contribution in [3.63, 3.8) is 0 Å². The minimum absolute atomic E-state index is 0.806. The highest BCUT2D eigenvalue weighted by Crippen LogP contribution is 2.25. The van der Waals surface area contributed by atoms with Crippen LogP contribution in [0.5, 0.6) is 0 Å². The standard InChI is InChI=1S/C16H18N2/c1-12-3-6-16(17)15(11-12)13(2)4-5-14-7-9-18-10-8-14/h3,6-11H,2,4-5,17H2,1H3. The Morgan fingerprint density at radius 2 is 1.94 bits per heavy atom. The first-order chi connectivity index (χ1) is 8.66. The molecule has 18 heavy (non-hydrogen) atoms. The molecule has 2 N–H and O–H groups in total. The fraction of sp³-hybridized carbons (Fsp3) is 0.188. The van der Waals surface area contributed by atoms with Crippen molar-refractivity contribution in [2.24, 2.45) is 0 Å². The third-order valence-electron chi connectivity index (χ3n) is 3.05. The number of rotatable bonds is 4. The molecule has 92 valence electrons. The van der Waals surface area contributed by atoms with E-state index in [1.54, 1.807) is 0 Å². The van der Waals surface area contributed by atoms with Gasteiger partial charge in [-0.1, -0.05) is 18.2 Å². The molecule has 2 aromatic rings. The number of nitrogens with two attached hydrogens (primary N) is 1. The lowest BCUT2D eigenvalue weighted by atomic mass is 9.97. The molecule has 0 spiro atoms. The molecule has 0 aliphatic rings. The summed E-state index contributed by atoms with van der Waals surface area (Å²) in [5, 5.41) is 0. The van der Waals surface area contributed by atoms with E-state index >= 15 is 0 Å². The molecular weight excluding hydrogens is 220 g/mol. The normalized spacial score (nSPS) is 10.3. The number of allylic oxidation sites excluding steroid dienone is 1. The lowest BCUT2D eigenvalue weighted by molar-refractivity contribution is 1.01. The van der Waals surface area contributed by atoms with Crippen molar-refractivity contribution < 1.29 is 0 Å². The second kappa shape index (κ2) is 5.50. The maximum Gasteiger partial charge on any atom is 0.0390 e. The highest BCUT2D eigenvalue weighted by Gasteiger charge is 2.04. The monoisotopic (exact) mass is 238 g/mol. The van der Waals surface area contributed by atoms with Crippen LogP contribution in [0.4, 0.5) is 5.69 Å². The summed E-state index contributed by atoms with van der Waals surface area (Å²) in [6.07, 6.45) is 5.52. The maximum absolute atomic E-state index is 5.99. The number of hydrogen-bond acceptors (Lipinski definition) is 2. The summed E-state index contributed by atoms with van der Waals surface area (Å²) in [5.74, 6) is 0. The Hall–Kier alpha value is -2.09. The van der Waals surface area contributed by atoms with Crippen molar-refractivity contribution in [3.05, 3.63) is 66.0 Å². The zero-order valence-electron chi connectivity index (χ0n) is 10.7. The average Bonchev–Trinajstić information content (AvgIpc) is 2.40. The number of anilines is 1. The van der Waals surface area contributed by atoms with Crippen LogP contribution >= 0.6 is 0 Å². The predicted octanol–water partition coefficient (Wildman–Crippen LogP) is 3.62. The Labute approximate surface area is 108 Å². The van der Waals surface area contributed by atoms with Crippen LogP contribution in [0.2, 0.25) is 0 Å². The Balaban J connectivity index is 2.06. The number of pyridine rings is 1. The summed E-state index contributed by atoms with van der Waals surface area (Å²) in [5.41, 5.74) is 11.4. The van der Waals surface area contributed by atoms with Gasteiger partial charge in [0.25, 0.3) is 0 Å². The van der Waals surface area contributed by atoms with Crippen molar-refractivity contribution in [2.75, 3.05) is 5.73 Å². The summed E-state index contributed by atoms with van der Waals surface area (Å²) in [7, 11) is 0. The van der Waals surface area contributed by atoms with Gasteiger partial charge < -0.3 is 5.73 Å². The zero-order chi connectivity index (χ0) is 13.0. The van der Waals surface area contributed by atoms with Crippen molar-refractivity contribution in [2.45, 2.75) is 19.8 Å². The first-order valence-corrected chi connectivity index (χ1v) is 6.10. The maximum atomic E-state index is 5.99. The molecule has 0 atom stereocenters. The van der Waals surface area contributed by atoms with Gasteiger partial charge in [-0.2, -0.15) is 0 Å². The zero-order valence-corrected chi connectivity index (χ0v) is 10.7. The van der Waals surface area contributed by atoms with E-state index < -0.39 is 0 Å². The molecule has 0 aliphatic carbocycles. The quantitative estimate of drug-likeness (QED) is 0.826. The Morgan fingerprint density at radius 1 is 1.22 bits per heavy atom. The lowest BCUT2D eigenvalue weighted by Gasteiger charge is -2.10. The van der Waals surface area contributed by atoms with E-state index in [0.717, 1.165) is 29.7 Å². The molecule has 0 saturated heterocycles. The Morgan fingerprint density at radius 3 is 2.67 bits per heavy atom. The summed E-state index contributed by atoms with van der Waals surface area (Å²) in [6, 6.07) is 10.1. The van der Waals surface area contributed by atoms with Crippen LogP contribution in [-0.2, 0) is 6.42 Å². The number of hydrogen-bond donors (Lipinski definition) is 1. The molecule has 2 rings (SSSR count). The van der Waals surface area contributed by atoms with Crippen molar-refractivity contribution >= 4 is 11.3 Å². The van der Waals surface area contributed by atoms with Crippen molar-refractivity contribution in [1.29, 1.82) is 0 Å². The van der Waals surface area contributed by atoms with Gasteiger partial charge in [-0.05, 0) is 55.2 Å². The molecule has 1 aromatic heterocycles. The van der Waals surface area contributed by atoms with E-state index in [-0.39, 0.29) is 0 Å². The van der Waals surface area contributed by atoms with Crippen LogP contribution in [0, 0.1) is 6.92 Å². The van der Waals surface area contributed by atoms with Crippen LogP contribution in [-0.4, -0.2) is 4.98 Å². The molecule has 2 nitrogen and oxygen atoms in total. The molecule has 1 heterocycles. The Kier molecular flexibility index (Phi) is 3.78. The van der Waals surface area contributed by atoms with Gasteiger partial charge in [-0.25, -0.2) is 0 Å². The number of benzene rings is 1. The van der Waals surface area contributed by atoms with Crippen LogP contribution in [0.3, 0.4) is 0 Å². The van der Waals surface area contributed by atoms with E-state index in [1.807, 2.05) is 36.7 Å². The molecule has 2 heteroatoms. The summed E-state index contributed by atoms with van der Waals surface area (Å²) >= 11 is 0. The fourth-order valence-corrected chi connectivity index (χ4v) is 1.96. The van der Waals surface area contributed by atoms with E-state index in [2.05, 4.69) is 24.6 Å². The highest BCUT2D eigenvalue weighted by atomic mass is 14.6. The van der Waals surface area contributed by atoms with Crippen molar-refractivity contribution in [1.82, 2.24) is 4.98 Å². The first kappa shape index (κ1) is 12.4. The number of aryl methyl sites for hydroxylation is 2. The third-order valence-corrected chi connectivity index (χ3v) is 3.05. The van der Waals surface area contributed by atoms with Gasteiger partial charge in [0.2, 0.25) is 0 Å². The van der Waals surface area contributed by atoms with Gasteiger partial charge in [-0.15, -0.1) is 0 Å². The molecule has 0 bridgehead atoms. The van der Waals surface area contributed by atoms with Crippen LogP contribution in [0.1, 0.15) is 23.1 Å². The summed E-state index contributed by atoms with van der Waals surface area (Å²) in [4.78, 5) is 4.01. The van der Waals surface area contributed by atoms with Gasteiger partial charge in [-0.3, -0.25) is 4.98 Å². The molecule has 0 fully saturated rings. The summed E-state index contributed by atoms with van der Waals surface area (Å²) < 4.78 is 0. The minimum Gasteiger partial charge on any atom is -0.398 e. The van der Waals surface area contributed by atoms with E-state index in [9.17, 15) is 0 Å². The van der Waals surface area contributed by atoms with Crippen molar-refractivity contribution in [3.8, 4) is 0 Å². The van der Waals surface area contributed by atoms with Crippen LogP contribution in [0.15, 0.2) is 49.3 Å². The Bertz CT molecular complexity index is 544. The van der Waals surface area contributed by atoms with Gasteiger partial charge in [0.05, 0.1) is 0 Å². The molecular formula is C16H18N2. The lowest BCUT2D eigenvalue weighted by Crippen LogP contribution is -1.95. The van der Waals surface area contributed by atoms with Gasteiger partial charge in [0.1, 0.15) is 0 Å². The molecule has 0 unspecified atom stereocenters. The predicted molar refractivity (Wildman–Crippen MR) is 77.2 cm³/mol. The summed E-state index contributed by atoms with van der Waals surface area (Å²) in [6.45, 7) is 6.21. The average molecular weight is 238 g/mol. The largest absolute Gasteiger partial charge is 0.398 e. The highest BCUT2D eigenvalue weighted by molar-refractivity contribution is 5.74. The second-order valence-electron chi connectivity index (χ2n) is 4.55. The first-order valence-electron chi connectivity index (χ1n) is 6.10. The fourth-order valence-electron chi connectivity index (χ4n) is 1.96. The third kappa shape index (κ3) is 2.98. The number of nitrogens with zero attached hydrogens (tertiary/aromatic N) is 1. The SMILES string of the molecule is C=C(CCc1ccncc1)c1cc(C)ccc1N. The molecule has 0 aliphatic heterocycles.